The number of nitrogens with one attached hydrogen (secondary N) is 1. The average Bonchev–Trinajstić information content (AvgIpc) is 2.65. The maximum atomic E-state index is 12.6. The number of hydrogen-bond donors (Lipinski definition) is 2. The topological polar surface area (TPSA) is 66.4 Å². The first kappa shape index (κ1) is 20.8. The van der Waals surface area contributed by atoms with Crippen molar-refractivity contribution in [2.24, 2.45) is 5.92 Å². The van der Waals surface area contributed by atoms with Gasteiger partial charge in [-0.25, -0.2) is 13.1 Å². The highest BCUT2D eigenvalue weighted by Gasteiger charge is 2.60. The van der Waals surface area contributed by atoms with E-state index in [1.165, 1.54) is 4.72 Å². The second-order valence-corrected chi connectivity index (χ2v) is 8.16. The minimum Gasteiger partial charge on any atom is -0.395 e. The molecule has 134 valence electrons. The molecular weight excluding hydrogens is 419 g/mol. The molecule has 14 heteroatoms. The smallest absolute Gasteiger partial charge is 0.395 e. The fourth-order valence-corrected chi connectivity index (χ4v) is 4.71. The van der Waals surface area contributed by atoms with Gasteiger partial charge in [0.05, 0.1) is 17.7 Å². The van der Waals surface area contributed by atoms with Crippen LogP contribution < -0.4 is 4.72 Å². The summed E-state index contributed by atoms with van der Waals surface area (Å²) in [5.41, 5.74) is 0. The van der Waals surface area contributed by atoms with Crippen LogP contribution in [0.3, 0.4) is 0 Å². The van der Waals surface area contributed by atoms with Crippen molar-refractivity contribution < 1.29 is 39.9 Å². The second kappa shape index (κ2) is 6.92. The van der Waals surface area contributed by atoms with Crippen LogP contribution in [0.25, 0.3) is 0 Å². The summed E-state index contributed by atoms with van der Waals surface area (Å²) in [6, 6.07) is -2.10. The Bertz CT molecular complexity index is 624. The molecule has 1 aromatic rings. The molecule has 0 amide bonds. The van der Waals surface area contributed by atoms with Gasteiger partial charge in [0.25, 0.3) is 10.0 Å². The fourth-order valence-electron chi connectivity index (χ4n) is 1.57. The first-order chi connectivity index (χ1) is 10.2. The van der Waals surface area contributed by atoms with E-state index in [9.17, 15) is 34.8 Å². The molecule has 0 aliphatic rings. The number of sulfonamides is 1. The van der Waals surface area contributed by atoms with Crippen molar-refractivity contribution in [2.75, 3.05) is 6.61 Å². The van der Waals surface area contributed by atoms with Crippen molar-refractivity contribution in [1.82, 2.24) is 4.72 Å². The largest absolute Gasteiger partial charge is 0.402 e. The summed E-state index contributed by atoms with van der Waals surface area (Å²) in [7, 11) is -4.80. The molecule has 0 fully saturated rings. The normalized spacial score (nSPS) is 15.2. The van der Waals surface area contributed by atoms with Crippen LogP contribution in [0.15, 0.2) is 10.3 Å². The number of halogens is 8. The van der Waals surface area contributed by atoms with Gasteiger partial charge < -0.3 is 5.11 Å². The van der Waals surface area contributed by atoms with Gasteiger partial charge >= 0.3 is 12.4 Å². The third kappa shape index (κ3) is 5.10. The summed E-state index contributed by atoms with van der Waals surface area (Å²) >= 11 is 11.3. The number of thiophene rings is 1. The summed E-state index contributed by atoms with van der Waals surface area (Å²) in [5.74, 6) is -4.08. The number of aliphatic hydroxyl groups excluding tert-OH is 1. The Balaban J connectivity index is 3.20. The summed E-state index contributed by atoms with van der Waals surface area (Å²) in [6.45, 7) is -1.73. The predicted molar refractivity (Wildman–Crippen MR) is 71.1 cm³/mol. The van der Waals surface area contributed by atoms with Crippen LogP contribution in [0.1, 0.15) is 0 Å². The Morgan fingerprint density at radius 2 is 1.65 bits per heavy atom. The van der Waals surface area contributed by atoms with E-state index in [1.54, 1.807) is 0 Å². The zero-order chi connectivity index (χ0) is 18.2. The monoisotopic (exact) mass is 425 g/mol. The lowest BCUT2D eigenvalue weighted by Crippen LogP contribution is -2.54. The van der Waals surface area contributed by atoms with Crippen LogP contribution in [0.4, 0.5) is 26.3 Å². The molecular formula is C9H7Cl2F6NO3S2. The molecule has 1 aromatic heterocycles. The van der Waals surface area contributed by atoms with Gasteiger partial charge in [0, 0.05) is 0 Å². The molecule has 0 aliphatic heterocycles. The van der Waals surface area contributed by atoms with Gasteiger partial charge in [0.1, 0.15) is 8.55 Å². The van der Waals surface area contributed by atoms with Crippen LogP contribution in [0.5, 0.6) is 0 Å². The lowest BCUT2D eigenvalue weighted by atomic mass is 10.00. The van der Waals surface area contributed by atoms with Gasteiger partial charge in [0.2, 0.25) is 0 Å². The summed E-state index contributed by atoms with van der Waals surface area (Å²) in [4.78, 5) is 0. The van der Waals surface area contributed by atoms with Crippen molar-refractivity contribution in [3.05, 3.63) is 15.4 Å². The second-order valence-electron chi connectivity index (χ2n) is 4.16. The molecule has 0 spiro atoms. The van der Waals surface area contributed by atoms with Gasteiger partial charge in [-0.05, 0) is 6.07 Å². The minimum atomic E-state index is -5.82. The maximum Gasteiger partial charge on any atom is 0.402 e. The first-order valence-corrected chi connectivity index (χ1v) is 8.47. The Hall–Kier alpha value is -0.270. The third-order valence-corrected chi connectivity index (χ3v) is 6.33. The molecule has 1 rings (SSSR count). The molecule has 1 atom stereocenters. The highest BCUT2D eigenvalue weighted by molar-refractivity contribution is 7.91. The number of aliphatic hydroxyl groups is 1. The van der Waals surface area contributed by atoms with E-state index in [0.717, 1.165) is 6.07 Å². The minimum absolute atomic E-state index is 0.212. The van der Waals surface area contributed by atoms with E-state index in [0.29, 0.717) is 11.3 Å². The highest BCUT2D eigenvalue weighted by atomic mass is 35.5. The quantitative estimate of drug-likeness (QED) is 0.710. The molecule has 23 heavy (non-hydrogen) atoms. The first-order valence-electron chi connectivity index (χ1n) is 5.41. The molecule has 0 unspecified atom stereocenters. The molecule has 0 radical (unpaired) electrons. The molecule has 1 heterocycles. The van der Waals surface area contributed by atoms with Crippen LogP contribution in [-0.2, 0) is 10.0 Å². The van der Waals surface area contributed by atoms with E-state index in [2.05, 4.69) is 0 Å². The zero-order valence-corrected chi connectivity index (χ0v) is 13.7. The summed E-state index contributed by atoms with van der Waals surface area (Å²) in [5, 5.41) is 8.58. The standard InChI is InChI=1S/C9H7Cl2F6NO3S2/c10-3-1-5(22-7(3)11)23(20,21)18-4(2-19)6(8(12,13)14)9(15,16)17/h1,4,6,18-19H,2H2/t4-/m1/s1. The van der Waals surface area contributed by atoms with E-state index in [1.807, 2.05) is 0 Å². The predicted octanol–water partition coefficient (Wildman–Crippen LogP) is 3.43. The zero-order valence-electron chi connectivity index (χ0n) is 10.5. The Morgan fingerprint density at radius 3 is 1.96 bits per heavy atom. The van der Waals surface area contributed by atoms with Crippen molar-refractivity contribution in [2.45, 2.75) is 22.6 Å². The van der Waals surface area contributed by atoms with Crippen LogP contribution in [-0.4, -0.2) is 38.5 Å². The summed E-state index contributed by atoms with van der Waals surface area (Å²) in [6.07, 6.45) is -11.6. The molecule has 0 bridgehead atoms. The van der Waals surface area contributed by atoms with Gasteiger partial charge in [-0.3, -0.25) is 0 Å². The van der Waals surface area contributed by atoms with Crippen molar-refractivity contribution >= 4 is 44.6 Å². The highest BCUT2D eigenvalue weighted by Crippen LogP contribution is 2.42. The molecule has 0 aliphatic carbocycles. The Morgan fingerprint density at radius 1 is 1.17 bits per heavy atom. The molecule has 0 saturated heterocycles. The van der Waals surface area contributed by atoms with Crippen LogP contribution in [0, 0.1) is 5.92 Å². The van der Waals surface area contributed by atoms with Crippen LogP contribution >= 0.6 is 34.5 Å². The number of rotatable bonds is 5. The van der Waals surface area contributed by atoms with Gasteiger partial charge in [0.15, 0.2) is 5.92 Å². The SMILES string of the molecule is O=S(=O)(N[C@H](CO)C(C(F)(F)F)C(F)(F)F)c1cc(Cl)c(Cl)s1. The Labute approximate surface area is 140 Å². The molecule has 0 saturated carbocycles. The summed E-state index contributed by atoms with van der Waals surface area (Å²) < 4.78 is 99.6. The van der Waals surface area contributed by atoms with Gasteiger partial charge in [-0.2, -0.15) is 26.3 Å². The lowest BCUT2D eigenvalue weighted by molar-refractivity contribution is -0.292. The van der Waals surface area contributed by atoms with Crippen LogP contribution in [0.2, 0.25) is 9.36 Å². The van der Waals surface area contributed by atoms with E-state index < -0.39 is 45.2 Å². The average molecular weight is 426 g/mol. The molecule has 4 nitrogen and oxygen atoms in total. The number of hydrogen-bond acceptors (Lipinski definition) is 4. The third-order valence-electron chi connectivity index (χ3n) is 2.50. The van der Waals surface area contributed by atoms with E-state index >= 15 is 0 Å². The number of alkyl halides is 6. The fraction of sp³-hybridized carbons (Fsp3) is 0.556. The lowest BCUT2D eigenvalue weighted by Gasteiger charge is -2.29. The van der Waals surface area contributed by atoms with Gasteiger partial charge in [-0.15, -0.1) is 11.3 Å². The van der Waals surface area contributed by atoms with E-state index in [4.69, 9.17) is 28.3 Å². The van der Waals surface area contributed by atoms with Crippen molar-refractivity contribution in [3.8, 4) is 0 Å². The molecule has 0 aromatic carbocycles. The van der Waals surface area contributed by atoms with E-state index in [-0.39, 0.29) is 9.36 Å². The van der Waals surface area contributed by atoms with Crippen molar-refractivity contribution in [3.63, 3.8) is 0 Å². The maximum absolute atomic E-state index is 12.6. The van der Waals surface area contributed by atoms with Gasteiger partial charge in [-0.1, -0.05) is 23.2 Å². The van der Waals surface area contributed by atoms with Crippen molar-refractivity contribution in [1.29, 1.82) is 0 Å². The Kier molecular flexibility index (Phi) is 6.25. The molecule has 2 N–H and O–H groups in total.